The van der Waals surface area contributed by atoms with Gasteiger partial charge in [0.25, 0.3) is 11.8 Å². The van der Waals surface area contributed by atoms with Crippen LogP contribution in [0.2, 0.25) is 0 Å². The number of carbonyl (C=O) groups excluding carboxylic acids is 4. The molecule has 346 valence electrons. The molecule has 0 aliphatic rings. The van der Waals surface area contributed by atoms with Gasteiger partial charge in [-0.25, -0.2) is 19.6 Å². The molecule has 4 atom stereocenters. The van der Waals surface area contributed by atoms with Gasteiger partial charge < -0.3 is 39.9 Å². The molecule has 16 nitrogen and oxygen atoms in total. The van der Waals surface area contributed by atoms with Crippen LogP contribution in [0, 0.1) is 22.7 Å². The lowest BCUT2D eigenvalue weighted by Crippen LogP contribution is -2.52. The molecule has 2 aromatic carbocycles. The zero-order valence-electron chi connectivity index (χ0n) is 40.5. The van der Waals surface area contributed by atoms with Crippen LogP contribution in [0.5, 0.6) is 0 Å². The lowest BCUT2D eigenvalue weighted by atomic mass is 9.85. The van der Waals surface area contributed by atoms with Crippen LogP contribution in [0.4, 0.5) is 9.59 Å². The van der Waals surface area contributed by atoms with E-state index in [0.29, 0.717) is 46.9 Å². The van der Waals surface area contributed by atoms with E-state index in [-0.39, 0.29) is 11.8 Å². The van der Waals surface area contributed by atoms with Crippen LogP contribution in [0.25, 0.3) is 44.6 Å². The number of amides is 4. The number of fused-ring (bicyclic) bond motifs is 2. The van der Waals surface area contributed by atoms with E-state index < -0.39 is 58.1 Å². The van der Waals surface area contributed by atoms with E-state index >= 15 is 0 Å². The predicted octanol–water partition coefficient (Wildman–Crippen LogP) is 8.98. The topological polar surface area (TPSA) is 200 Å². The Bertz CT molecular complexity index is 2310. The highest BCUT2D eigenvalue weighted by Crippen LogP contribution is 2.37. The van der Waals surface area contributed by atoms with Crippen molar-refractivity contribution in [2.24, 2.45) is 22.7 Å². The summed E-state index contributed by atoms with van der Waals surface area (Å²) in [6, 6.07) is 10.5. The molecule has 0 bridgehead atoms. The quantitative estimate of drug-likeness (QED) is 0.0834. The van der Waals surface area contributed by atoms with Gasteiger partial charge in [0.15, 0.2) is 11.2 Å². The lowest BCUT2D eigenvalue weighted by Gasteiger charge is -2.36. The summed E-state index contributed by atoms with van der Waals surface area (Å²) in [6.45, 7) is 23.3. The maximum Gasteiger partial charge on any atom is 0.410 e. The Balaban J connectivity index is 1.38. The van der Waals surface area contributed by atoms with E-state index in [1.54, 1.807) is 54.4 Å². The molecule has 4 N–H and O–H groups in total. The highest BCUT2D eigenvalue weighted by Gasteiger charge is 2.44. The van der Waals surface area contributed by atoms with E-state index in [1.165, 1.54) is 9.80 Å². The Kier molecular flexibility index (Phi) is 14.2. The Hall–Kier alpha value is -6.06. The van der Waals surface area contributed by atoms with Gasteiger partial charge in [0, 0.05) is 39.3 Å². The molecule has 0 radical (unpaired) electrons. The molecule has 0 saturated heterocycles. The fourth-order valence-electron chi connectivity index (χ4n) is 7.72. The first-order valence-electron chi connectivity index (χ1n) is 21.8. The average molecular weight is 881 g/mol. The Morgan fingerprint density at radius 2 is 0.938 bits per heavy atom. The first-order chi connectivity index (χ1) is 29.6. The second-order valence-electron chi connectivity index (χ2n) is 20.7. The van der Waals surface area contributed by atoms with Crippen molar-refractivity contribution in [1.82, 2.24) is 50.3 Å². The summed E-state index contributed by atoms with van der Waals surface area (Å²) in [5, 5.41) is 6.31. The molecule has 5 rings (SSSR count). The van der Waals surface area contributed by atoms with E-state index in [4.69, 9.17) is 29.4 Å². The van der Waals surface area contributed by atoms with E-state index in [9.17, 15) is 19.2 Å². The summed E-state index contributed by atoms with van der Waals surface area (Å²) >= 11 is 0. The Morgan fingerprint density at radius 1 is 0.594 bits per heavy atom. The largest absolute Gasteiger partial charge is 0.433 e. The van der Waals surface area contributed by atoms with Gasteiger partial charge in [0.1, 0.15) is 11.6 Å². The molecule has 0 aliphatic heterocycles. The third-order valence-electron chi connectivity index (χ3n) is 11.0. The molecule has 1 unspecified atom stereocenters. The van der Waals surface area contributed by atoms with E-state index in [1.807, 2.05) is 106 Å². The monoisotopic (exact) mass is 881 g/mol. The number of imidazole rings is 2. The van der Waals surface area contributed by atoms with Crippen molar-refractivity contribution >= 4 is 46.1 Å². The van der Waals surface area contributed by atoms with Gasteiger partial charge in [0.05, 0.1) is 57.9 Å². The number of hydrogen-bond donors (Lipinski definition) is 4. The molecule has 3 aromatic heterocycles. The minimum atomic E-state index is -1.40. The molecule has 0 spiro atoms. The summed E-state index contributed by atoms with van der Waals surface area (Å²) in [6.07, 6.45) is 2.95. The third-order valence-corrected chi connectivity index (χ3v) is 11.0. The molecule has 0 aliphatic carbocycles. The molecular weight excluding hydrogens is 813 g/mol. The molecule has 64 heavy (non-hydrogen) atoms. The Morgan fingerprint density at radius 3 is 1.22 bits per heavy atom. The smallest absolute Gasteiger partial charge is 0.410 e. The highest BCUT2D eigenvalue weighted by molar-refractivity contribution is 5.89. The standard InChI is InChI=1S/C48H68N10O6/c1-27(2)23-47(11,63-43(61)57(13)14)41(59)55-37(45(5,6)7)39-51-31-19-17-29(21-33(31)53-39)35-25-50-36(26-49-35)30-18-20-32-34(22-30)54-40(52-32)38(46(8,9)10)56-42(60)48(12,24-28(3)4)64-44(62)58(15)16/h17-22,25-28,37-38H,23-24H2,1-16H3,(H,51,53)(H,52,54)(H,55,59)(H,56,60)/t37-,38-,47-,48?/m1/s1. The molecule has 3 heterocycles. The normalized spacial score (nSPS) is 15.0. The second kappa shape index (κ2) is 18.6. The van der Waals surface area contributed by atoms with Gasteiger partial charge >= 0.3 is 12.2 Å². The van der Waals surface area contributed by atoms with Gasteiger partial charge in [-0.2, -0.15) is 0 Å². The van der Waals surface area contributed by atoms with Gasteiger partial charge in [-0.05, 0) is 73.6 Å². The van der Waals surface area contributed by atoms with Gasteiger partial charge in [-0.15, -0.1) is 0 Å². The van der Waals surface area contributed by atoms with Crippen molar-refractivity contribution < 1.29 is 28.7 Å². The van der Waals surface area contributed by atoms with Crippen LogP contribution in [0.15, 0.2) is 48.8 Å². The van der Waals surface area contributed by atoms with Crippen LogP contribution < -0.4 is 10.6 Å². The molecule has 5 aromatic rings. The number of carbonyl (C=O) groups is 4. The summed E-state index contributed by atoms with van der Waals surface area (Å²) in [5.41, 5.74) is 2.20. The lowest BCUT2D eigenvalue weighted by molar-refractivity contribution is -0.142. The molecule has 4 amide bonds. The third kappa shape index (κ3) is 11.4. The number of rotatable bonds is 14. The molecule has 16 heteroatoms. The van der Waals surface area contributed by atoms with Crippen LogP contribution >= 0.6 is 0 Å². The van der Waals surface area contributed by atoms with Crippen LogP contribution in [0.1, 0.15) is 120 Å². The summed E-state index contributed by atoms with van der Waals surface area (Å²) in [5.74, 6) is 0.524. The predicted molar refractivity (Wildman–Crippen MR) is 249 cm³/mol. The summed E-state index contributed by atoms with van der Waals surface area (Å²) in [4.78, 5) is 82.0. The summed E-state index contributed by atoms with van der Waals surface area (Å²) < 4.78 is 11.5. The van der Waals surface area contributed by atoms with Gasteiger partial charge in [-0.1, -0.05) is 81.4 Å². The number of nitrogens with zero attached hydrogens (tertiary/aromatic N) is 6. The van der Waals surface area contributed by atoms with Crippen molar-refractivity contribution in [3.8, 4) is 22.5 Å². The van der Waals surface area contributed by atoms with Crippen molar-refractivity contribution in [1.29, 1.82) is 0 Å². The second-order valence-corrected chi connectivity index (χ2v) is 20.7. The van der Waals surface area contributed by atoms with Crippen molar-refractivity contribution in [3.05, 3.63) is 60.4 Å². The first kappa shape index (κ1) is 49.0. The van der Waals surface area contributed by atoms with Crippen LogP contribution in [-0.2, 0) is 19.1 Å². The number of aromatic amines is 2. The maximum atomic E-state index is 13.9. The van der Waals surface area contributed by atoms with Crippen molar-refractivity contribution in [3.63, 3.8) is 0 Å². The number of hydrogen-bond acceptors (Lipinski definition) is 10. The number of ether oxygens (including phenoxy) is 2. The molecule has 0 saturated carbocycles. The number of benzene rings is 2. The zero-order chi connectivity index (χ0) is 47.7. The first-order valence-corrected chi connectivity index (χ1v) is 21.8. The van der Waals surface area contributed by atoms with Crippen molar-refractivity contribution in [2.75, 3.05) is 28.2 Å². The SMILES string of the molecule is CC(C)CC(C)(OC(=O)N(C)C)C(=O)N[C@H](c1nc2ccc(-c3cnc(-c4ccc5nc([C@@H](NC(=O)[C@@](C)(CC(C)C)OC(=O)N(C)C)C(C)(C)C)[nH]c5c4)cn3)cc2[nH]1)C(C)(C)C. The van der Waals surface area contributed by atoms with Gasteiger partial charge in [0.2, 0.25) is 0 Å². The average Bonchev–Trinajstić information content (AvgIpc) is 3.80. The molecular formula is C48H68N10O6. The maximum absolute atomic E-state index is 13.9. The summed E-state index contributed by atoms with van der Waals surface area (Å²) in [7, 11) is 6.34. The Labute approximate surface area is 377 Å². The van der Waals surface area contributed by atoms with E-state index in [2.05, 4.69) is 20.6 Å². The zero-order valence-corrected chi connectivity index (χ0v) is 40.5. The van der Waals surface area contributed by atoms with Gasteiger partial charge in [-0.3, -0.25) is 19.6 Å². The van der Waals surface area contributed by atoms with Crippen LogP contribution in [-0.4, -0.2) is 103 Å². The minimum Gasteiger partial charge on any atom is -0.433 e. The number of nitrogens with one attached hydrogen (secondary N) is 4. The highest BCUT2D eigenvalue weighted by atomic mass is 16.6. The van der Waals surface area contributed by atoms with Crippen LogP contribution in [0.3, 0.4) is 0 Å². The fraction of sp³-hybridized carbons (Fsp3) is 0.542. The fourth-order valence-corrected chi connectivity index (χ4v) is 7.72. The number of H-pyrrole nitrogens is 2. The number of aromatic nitrogens is 6. The molecule has 0 fully saturated rings. The van der Waals surface area contributed by atoms with Crippen molar-refractivity contribution in [2.45, 2.75) is 119 Å². The minimum absolute atomic E-state index is 0.0879. The van der Waals surface area contributed by atoms with E-state index in [0.717, 1.165) is 22.2 Å².